The molecule has 0 radical (unpaired) electrons. The summed E-state index contributed by atoms with van der Waals surface area (Å²) in [7, 11) is -3.77. The van der Waals surface area contributed by atoms with Crippen LogP contribution in [-0.4, -0.2) is 14.3 Å². The number of carbonyl (C=O) groups is 1. The Hall–Kier alpha value is -2.83. The summed E-state index contributed by atoms with van der Waals surface area (Å²) in [6.07, 6.45) is 0. The standard InChI is InChI=1S/C24H25ClN2O3S/c1-15-12-17(3)21(13-16(15)2)18(4)26-24(28)22-14-19(10-11-23(22)25)27-31(29,30)20-8-6-5-7-9-20/h5-14,18,27H,1-4H3,(H,26,28)/t18-/m1/s1. The SMILES string of the molecule is Cc1cc(C)c([C@@H](C)NC(=O)c2cc(NS(=O)(=O)c3ccccc3)ccc2Cl)cc1C. The van der Waals surface area contributed by atoms with Gasteiger partial charge in [0.05, 0.1) is 21.5 Å². The topological polar surface area (TPSA) is 75.3 Å². The second kappa shape index (κ2) is 9.12. The summed E-state index contributed by atoms with van der Waals surface area (Å²) in [5, 5.41) is 3.20. The van der Waals surface area contributed by atoms with Crippen LogP contribution in [0.3, 0.4) is 0 Å². The van der Waals surface area contributed by atoms with Crippen molar-refractivity contribution in [1.29, 1.82) is 0 Å². The van der Waals surface area contributed by atoms with Gasteiger partial charge in [-0.3, -0.25) is 9.52 Å². The highest BCUT2D eigenvalue weighted by molar-refractivity contribution is 7.92. The van der Waals surface area contributed by atoms with Gasteiger partial charge >= 0.3 is 0 Å². The molecule has 3 aromatic carbocycles. The first-order valence-electron chi connectivity index (χ1n) is 9.84. The molecule has 0 fully saturated rings. The number of sulfonamides is 1. The Bertz CT molecular complexity index is 1230. The number of aryl methyl sites for hydroxylation is 3. The van der Waals surface area contributed by atoms with Gasteiger partial charge in [0.15, 0.2) is 0 Å². The number of carbonyl (C=O) groups excluding carboxylic acids is 1. The van der Waals surface area contributed by atoms with Crippen LogP contribution in [0.4, 0.5) is 5.69 Å². The molecule has 0 heterocycles. The third-order valence-electron chi connectivity index (χ3n) is 5.21. The highest BCUT2D eigenvalue weighted by Gasteiger charge is 2.19. The van der Waals surface area contributed by atoms with Crippen molar-refractivity contribution in [2.45, 2.75) is 38.6 Å². The van der Waals surface area contributed by atoms with Crippen LogP contribution in [0, 0.1) is 20.8 Å². The van der Waals surface area contributed by atoms with Gasteiger partial charge < -0.3 is 5.32 Å². The number of anilines is 1. The van der Waals surface area contributed by atoms with E-state index in [1.54, 1.807) is 18.2 Å². The van der Waals surface area contributed by atoms with Crippen molar-refractivity contribution in [3.05, 3.63) is 93.5 Å². The highest BCUT2D eigenvalue weighted by Crippen LogP contribution is 2.25. The molecule has 1 amide bonds. The van der Waals surface area contributed by atoms with E-state index in [-0.39, 0.29) is 33.1 Å². The molecule has 1 atom stereocenters. The minimum absolute atomic E-state index is 0.134. The fraction of sp³-hybridized carbons (Fsp3) is 0.208. The van der Waals surface area contributed by atoms with Crippen molar-refractivity contribution in [3.8, 4) is 0 Å². The van der Waals surface area contributed by atoms with Crippen LogP contribution in [-0.2, 0) is 10.0 Å². The Morgan fingerprint density at radius 2 is 1.55 bits per heavy atom. The molecule has 162 valence electrons. The molecule has 0 saturated heterocycles. The average molecular weight is 457 g/mol. The van der Waals surface area contributed by atoms with Crippen molar-refractivity contribution < 1.29 is 13.2 Å². The molecule has 3 rings (SSSR count). The van der Waals surface area contributed by atoms with Crippen LogP contribution < -0.4 is 10.0 Å². The molecule has 3 aromatic rings. The van der Waals surface area contributed by atoms with Gasteiger partial charge in [-0.05, 0) is 80.3 Å². The number of rotatable bonds is 6. The average Bonchev–Trinajstić information content (AvgIpc) is 2.72. The van der Waals surface area contributed by atoms with E-state index in [9.17, 15) is 13.2 Å². The Balaban J connectivity index is 1.83. The fourth-order valence-corrected chi connectivity index (χ4v) is 4.65. The number of hydrogen-bond acceptors (Lipinski definition) is 3. The predicted octanol–water partition coefficient (Wildman–Crippen LogP) is 5.56. The summed E-state index contributed by atoms with van der Waals surface area (Å²) >= 11 is 6.25. The van der Waals surface area contributed by atoms with E-state index in [1.807, 2.05) is 20.8 Å². The Kier molecular flexibility index (Phi) is 6.72. The van der Waals surface area contributed by atoms with Crippen LogP contribution in [0.2, 0.25) is 5.02 Å². The maximum absolute atomic E-state index is 12.9. The first kappa shape index (κ1) is 22.8. The highest BCUT2D eigenvalue weighted by atomic mass is 35.5. The molecule has 0 aliphatic carbocycles. The second-order valence-electron chi connectivity index (χ2n) is 7.60. The Labute approximate surface area is 188 Å². The molecule has 0 spiro atoms. The largest absolute Gasteiger partial charge is 0.345 e. The van der Waals surface area contributed by atoms with Gasteiger partial charge in [0.2, 0.25) is 0 Å². The van der Waals surface area contributed by atoms with E-state index in [4.69, 9.17) is 11.6 Å². The van der Waals surface area contributed by atoms with Gasteiger partial charge in [-0.1, -0.05) is 41.9 Å². The van der Waals surface area contributed by atoms with E-state index in [2.05, 4.69) is 29.1 Å². The fourth-order valence-electron chi connectivity index (χ4n) is 3.38. The van der Waals surface area contributed by atoms with Gasteiger partial charge in [0.1, 0.15) is 0 Å². The van der Waals surface area contributed by atoms with Gasteiger partial charge in [-0.25, -0.2) is 8.42 Å². The molecule has 0 saturated carbocycles. The molecule has 7 heteroatoms. The zero-order valence-corrected chi connectivity index (χ0v) is 19.4. The Morgan fingerprint density at radius 1 is 0.903 bits per heavy atom. The van der Waals surface area contributed by atoms with Crippen molar-refractivity contribution in [3.63, 3.8) is 0 Å². The number of amides is 1. The summed E-state index contributed by atoms with van der Waals surface area (Å²) in [6, 6.07) is 16.4. The second-order valence-corrected chi connectivity index (χ2v) is 9.69. The molecule has 31 heavy (non-hydrogen) atoms. The lowest BCUT2D eigenvalue weighted by molar-refractivity contribution is 0.0940. The van der Waals surface area contributed by atoms with Crippen LogP contribution in [0.25, 0.3) is 0 Å². The van der Waals surface area contributed by atoms with Crippen molar-refractivity contribution in [2.24, 2.45) is 0 Å². The van der Waals surface area contributed by atoms with E-state index in [0.717, 1.165) is 16.7 Å². The predicted molar refractivity (Wildman–Crippen MR) is 125 cm³/mol. The lowest BCUT2D eigenvalue weighted by Gasteiger charge is -2.19. The molecule has 0 unspecified atom stereocenters. The van der Waals surface area contributed by atoms with Gasteiger partial charge in [0.25, 0.3) is 15.9 Å². The summed E-state index contributed by atoms with van der Waals surface area (Å²) in [4.78, 5) is 13.1. The summed E-state index contributed by atoms with van der Waals surface area (Å²) in [6.45, 7) is 8.00. The normalized spacial score (nSPS) is 12.3. The van der Waals surface area contributed by atoms with Crippen LogP contribution in [0.15, 0.2) is 65.6 Å². The van der Waals surface area contributed by atoms with Crippen LogP contribution in [0.1, 0.15) is 45.6 Å². The van der Waals surface area contributed by atoms with Crippen LogP contribution >= 0.6 is 11.6 Å². The summed E-state index contributed by atoms with van der Waals surface area (Å²) < 4.78 is 27.7. The van der Waals surface area contributed by atoms with Crippen LogP contribution in [0.5, 0.6) is 0 Å². The lowest BCUT2D eigenvalue weighted by Crippen LogP contribution is -2.27. The summed E-state index contributed by atoms with van der Waals surface area (Å²) in [5.41, 5.74) is 4.91. The van der Waals surface area contributed by atoms with E-state index in [1.165, 1.54) is 35.9 Å². The molecule has 0 bridgehead atoms. The molecule has 0 aromatic heterocycles. The number of benzene rings is 3. The lowest BCUT2D eigenvalue weighted by atomic mass is 9.96. The number of halogens is 1. The van der Waals surface area contributed by atoms with Crippen molar-refractivity contribution >= 4 is 33.2 Å². The Morgan fingerprint density at radius 3 is 2.23 bits per heavy atom. The molecule has 0 aliphatic rings. The number of hydrogen-bond donors (Lipinski definition) is 2. The third kappa shape index (κ3) is 5.27. The minimum Gasteiger partial charge on any atom is -0.345 e. The maximum Gasteiger partial charge on any atom is 0.261 e. The first-order chi connectivity index (χ1) is 14.6. The maximum atomic E-state index is 12.9. The molecular weight excluding hydrogens is 432 g/mol. The van der Waals surface area contributed by atoms with Crippen molar-refractivity contribution in [1.82, 2.24) is 5.32 Å². The smallest absolute Gasteiger partial charge is 0.261 e. The molecule has 0 aliphatic heterocycles. The zero-order chi connectivity index (χ0) is 22.8. The van der Waals surface area contributed by atoms with Gasteiger partial charge in [0, 0.05) is 5.69 Å². The monoisotopic (exact) mass is 456 g/mol. The molecular formula is C24H25ClN2O3S. The van der Waals surface area contributed by atoms with E-state index >= 15 is 0 Å². The van der Waals surface area contributed by atoms with Gasteiger partial charge in [-0.15, -0.1) is 0 Å². The quantitative estimate of drug-likeness (QED) is 0.510. The van der Waals surface area contributed by atoms with E-state index < -0.39 is 10.0 Å². The molecule has 2 N–H and O–H groups in total. The minimum atomic E-state index is -3.77. The van der Waals surface area contributed by atoms with E-state index in [0.29, 0.717) is 0 Å². The molecule has 5 nitrogen and oxygen atoms in total. The zero-order valence-electron chi connectivity index (χ0n) is 17.9. The summed E-state index contributed by atoms with van der Waals surface area (Å²) in [5.74, 6) is -0.379. The first-order valence-corrected chi connectivity index (χ1v) is 11.7. The van der Waals surface area contributed by atoms with Crippen molar-refractivity contribution in [2.75, 3.05) is 4.72 Å². The van der Waals surface area contributed by atoms with Gasteiger partial charge in [-0.2, -0.15) is 0 Å². The third-order valence-corrected chi connectivity index (χ3v) is 6.94. The number of nitrogens with one attached hydrogen (secondary N) is 2.